The van der Waals surface area contributed by atoms with E-state index in [9.17, 15) is 0 Å². The third kappa shape index (κ3) is 5.05. The number of nitrogens with one attached hydrogen (secondary N) is 1. The second kappa shape index (κ2) is 7.98. The summed E-state index contributed by atoms with van der Waals surface area (Å²) >= 11 is 0. The minimum absolute atomic E-state index is 0.0427. The molecule has 0 heterocycles. The van der Waals surface area contributed by atoms with E-state index >= 15 is 0 Å². The van der Waals surface area contributed by atoms with Crippen LogP contribution >= 0.6 is 0 Å². The van der Waals surface area contributed by atoms with Crippen molar-refractivity contribution in [2.75, 3.05) is 0 Å². The first kappa shape index (κ1) is 17.4. The number of nitrogens with zero attached hydrogens (tertiary/aromatic N) is 1. The standard InChI is InChI=1S/C18H23N3O/c1-6-13(4)21-14(5)16(19)11-18(20)22-17-10-8-7-9-15(17)12(2)3/h6-11,20H,2,19H2,1,3-5H3/b13-6-,16-11?,20-18?,21-14?. The monoisotopic (exact) mass is 297 g/mol. The SMILES string of the molecule is C=C(C)c1ccccc1OC(=N)C=C(N)C(C)=N/C(C)=C\C. The first-order valence-electron chi connectivity index (χ1n) is 7.02. The van der Waals surface area contributed by atoms with Crippen LogP contribution < -0.4 is 10.5 Å². The van der Waals surface area contributed by atoms with Gasteiger partial charge in [0.2, 0.25) is 5.90 Å². The van der Waals surface area contributed by atoms with Gasteiger partial charge in [-0.05, 0) is 39.3 Å². The largest absolute Gasteiger partial charge is 0.439 e. The topological polar surface area (TPSA) is 71.5 Å². The van der Waals surface area contributed by atoms with E-state index in [0.29, 0.717) is 17.2 Å². The fourth-order valence-electron chi connectivity index (χ4n) is 1.70. The lowest BCUT2D eigenvalue weighted by Gasteiger charge is -2.10. The Morgan fingerprint density at radius 3 is 2.50 bits per heavy atom. The summed E-state index contributed by atoms with van der Waals surface area (Å²) in [6, 6.07) is 7.46. The minimum atomic E-state index is -0.0427. The molecule has 0 saturated carbocycles. The Morgan fingerprint density at radius 1 is 1.27 bits per heavy atom. The molecule has 0 radical (unpaired) electrons. The summed E-state index contributed by atoms with van der Waals surface area (Å²) in [5.41, 5.74) is 9.61. The van der Waals surface area contributed by atoms with Crippen LogP contribution in [0.25, 0.3) is 5.57 Å². The van der Waals surface area contributed by atoms with Gasteiger partial charge in [0.05, 0.1) is 11.4 Å². The number of para-hydroxylation sites is 1. The average molecular weight is 297 g/mol. The Balaban J connectivity index is 2.93. The fraction of sp³-hybridized carbons (Fsp3) is 0.222. The van der Waals surface area contributed by atoms with E-state index in [1.165, 1.54) is 6.08 Å². The molecule has 0 atom stereocenters. The van der Waals surface area contributed by atoms with Crippen LogP contribution in [-0.2, 0) is 0 Å². The zero-order valence-corrected chi connectivity index (χ0v) is 13.6. The van der Waals surface area contributed by atoms with Crippen molar-refractivity contribution in [3.05, 3.63) is 60.0 Å². The molecule has 4 heteroatoms. The van der Waals surface area contributed by atoms with Gasteiger partial charge >= 0.3 is 0 Å². The van der Waals surface area contributed by atoms with Gasteiger partial charge in [-0.1, -0.05) is 30.9 Å². The summed E-state index contributed by atoms with van der Waals surface area (Å²) in [6.07, 6.45) is 3.35. The van der Waals surface area contributed by atoms with E-state index in [1.807, 2.05) is 45.0 Å². The molecule has 0 aliphatic carbocycles. The molecule has 0 aliphatic rings. The van der Waals surface area contributed by atoms with Crippen molar-refractivity contribution in [1.82, 2.24) is 0 Å². The van der Waals surface area contributed by atoms with Crippen LogP contribution in [0.5, 0.6) is 5.75 Å². The van der Waals surface area contributed by atoms with Crippen LogP contribution in [-0.4, -0.2) is 11.6 Å². The molecule has 1 rings (SSSR count). The molecule has 1 aromatic carbocycles. The van der Waals surface area contributed by atoms with Crippen molar-refractivity contribution in [3.8, 4) is 5.75 Å². The van der Waals surface area contributed by atoms with Crippen LogP contribution in [0.4, 0.5) is 0 Å². The molecular weight excluding hydrogens is 274 g/mol. The molecule has 0 bridgehead atoms. The Hall–Kier alpha value is -2.62. The van der Waals surface area contributed by atoms with Crippen molar-refractivity contribution in [1.29, 1.82) is 5.41 Å². The number of nitrogens with two attached hydrogens (primary N) is 1. The Morgan fingerprint density at radius 2 is 1.91 bits per heavy atom. The van der Waals surface area contributed by atoms with Gasteiger partial charge in [-0.25, -0.2) is 0 Å². The van der Waals surface area contributed by atoms with Gasteiger partial charge < -0.3 is 10.5 Å². The Kier molecular flexibility index (Phi) is 6.32. The smallest absolute Gasteiger partial charge is 0.214 e. The van der Waals surface area contributed by atoms with Gasteiger partial charge in [-0.3, -0.25) is 10.4 Å². The number of hydrogen-bond donors (Lipinski definition) is 2. The highest BCUT2D eigenvalue weighted by atomic mass is 16.5. The molecule has 0 spiro atoms. The van der Waals surface area contributed by atoms with Gasteiger partial charge in [0.25, 0.3) is 0 Å². The highest BCUT2D eigenvalue weighted by Gasteiger charge is 2.06. The average Bonchev–Trinajstić information content (AvgIpc) is 2.47. The van der Waals surface area contributed by atoms with Crippen LogP contribution in [0.15, 0.2) is 59.4 Å². The molecule has 22 heavy (non-hydrogen) atoms. The van der Waals surface area contributed by atoms with E-state index in [-0.39, 0.29) is 5.90 Å². The number of hydrogen-bond acceptors (Lipinski definition) is 4. The second-order valence-electron chi connectivity index (χ2n) is 4.97. The highest BCUT2D eigenvalue weighted by molar-refractivity contribution is 6.03. The van der Waals surface area contributed by atoms with E-state index in [4.69, 9.17) is 15.9 Å². The van der Waals surface area contributed by atoms with Gasteiger partial charge in [-0.15, -0.1) is 0 Å². The zero-order valence-electron chi connectivity index (χ0n) is 13.6. The quantitative estimate of drug-likeness (QED) is 0.628. The summed E-state index contributed by atoms with van der Waals surface area (Å²) in [5, 5.41) is 7.94. The number of benzene rings is 1. The summed E-state index contributed by atoms with van der Waals surface area (Å²) in [5.74, 6) is 0.544. The third-order valence-corrected chi connectivity index (χ3v) is 3.03. The normalized spacial score (nSPS) is 13.0. The van der Waals surface area contributed by atoms with Crippen LogP contribution in [0, 0.1) is 5.41 Å². The van der Waals surface area contributed by atoms with Gasteiger partial charge in [-0.2, -0.15) is 0 Å². The summed E-state index contributed by atoms with van der Waals surface area (Å²) < 4.78 is 5.56. The molecule has 0 aliphatic heterocycles. The van der Waals surface area contributed by atoms with E-state index in [1.54, 1.807) is 13.0 Å². The maximum absolute atomic E-state index is 7.94. The van der Waals surface area contributed by atoms with Gasteiger partial charge in [0, 0.05) is 17.3 Å². The number of allylic oxidation sites excluding steroid dienone is 4. The maximum atomic E-state index is 7.94. The predicted octanol–water partition coefficient (Wildman–Crippen LogP) is 4.30. The molecule has 0 saturated heterocycles. The second-order valence-corrected chi connectivity index (χ2v) is 4.97. The molecular formula is C18H23N3O. The lowest BCUT2D eigenvalue weighted by molar-refractivity contribution is 0.548. The summed E-state index contributed by atoms with van der Waals surface area (Å²) in [7, 11) is 0. The minimum Gasteiger partial charge on any atom is -0.439 e. The highest BCUT2D eigenvalue weighted by Crippen LogP contribution is 2.24. The molecule has 0 amide bonds. The third-order valence-electron chi connectivity index (χ3n) is 3.03. The van der Waals surface area contributed by atoms with E-state index in [2.05, 4.69) is 11.6 Å². The molecule has 4 nitrogen and oxygen atoms in total. The van der Waals surface area contributed by atoms with E-state index in [0.717, 1.165) is 16.8 Å². The molecule has 0 unspecified atom stereocenters. The van der Waals surface area contributed by atoms with Crippen LogP contribution in [0.2, 0.25) is 0 Å². The van der Waals surface area contributed by atoms with Crippen LogP contribution in [0.1, 0.15) is 33.3 Å². The first-order valence-corrected chi connectivity index (χ1v) is 7.02. The van der Waals surface area contributed by atoms with Gasteiger partial charge in [0.1, 0.15) is 5.75 Å². The molecule has 1 aromatic rings. The lowest BCUT2D eigenvalue weighted by atomic mass is 10.1. The zero-order chi connectivity index (χ0) is 16.7. The van der Waals surface area contributed by atoms with Crippen molar-refractivity contribution < 1.29 is 4.74 Å². The molecule has 3 N–H and O–H groups in total. The van der Waals surface area contributed by atoms with Crippen molar-refractivity contribution >= 4 is 17.2 Å². The van der Waals surface area contributed by atoms with E-state index < -0.39 is 0 Å². The molecule has 0 fully saturated rings. The summed E-state index contributed by atoms with van der Waals surface area (Å²) in [4.78, 5) is 4.32. The Labute approximate surface area is 132 Å². The van der Waals surface area contributed by atoms with Gasteiger partial charge in [0.15, 0.2) is 0 Å². The van der Waals surface area contributed by atoms with Crippen LogP contribution in [0.3, 0.4) is 0 Å². The van der Waals surface area contributed by atoms with Crippen molar-refractivity contribution in [2.24, 2.45) is 10.7 Å². The lowest BCUT2D eigenvalue weighted by Crippen LogP contribution is -2.13. The maximum Gasteiger partial charge on any atom is 0.214 e. The molecule has 116 valence electrons. The predicted molar refractivity (Wildman–Crippen MR) is 94.3 cm³/mol. The Bertz CT molecular complexity index is 667. The number of ether oxygens (including phenoxy) is 1. The van der Waals surface area contributed by atoms with Crippen molar-refractivity contribution in [2.45, 2.75) is 27.7 Å². The number of rotatable bonds is 5. The first-order chi connectivity index (χ1) is 10.3. The fourth-order valence-corrected chi connectivity index (χ4v) is 1.70. The van der Waals surface area contributed by atoms with Crippen molar-refractivity contribution in [3.63, 3.8) is 0 Å². The molecule has 0 aromatic heterocycles. The number of aliphatic imine (C=N–C) groups is 1. The summed E-state index contributed by atoms with van der Waals surface area (Å²) in [6.45, 7) is 11.4.